The molecule has 0 bridgehead atoms. The number of rotatable bonds is 4. The Bertz CT molecular complexity index is 384. The van der Waals surface area contributed by atoms with Crippen LogP contribution in [0.15, 0.2) is 24.4 Å². The van der Waals surface area contributed by atoms with Crippen molar-refractivity contribution in [1.82, 2.24) is 15.2 Å². The van der Waals surface area contributed by atoms with Gasteiger partial charge in [-0.3, -0.25) is 15.1 Å². The number of carbonyl (C=O) groups is 2. The van der Waals surface area contributed by atoms with Gasteiger partial charge in [-0.25, -0.2) is 4.79 Å². The minimum Gasteiger partial charge on any atom is -0.322 e. The van der Waals surface area contributed by atoms with Gasteiger partial charge in [0.15, 0.2) is 0 Å². The van der Waals surface area contributed by atoms with Crippen molar-refractivity contribution < 1.29 is 9.59 Å². The van der Waals surface area contributed by atoms with Crippen LogP contribution in [0.2, 0.25) is 0 Å². The van der Waals surface area contributed by atoms with Crippen LogP contribution in [0.3, 0.4) is 0 Å². The van der Waals surface area contributed by atoms with Gasteiger partial charge in [0.1, 0.15) is 0 Å². The molecular formula is C11H14ClN3O2. The van der Waals surface area contributed by atoms with E-state index < -0.39 is 6.03 Å². The number of carbonyl (C=O) groups excluding carboxylic acids is 2. The highest BCUT2D eigenvalue weighted by Crippen LogP contribution is 1.99. The molecule has 17 heavy (non-hydrogen) atoms. The second-order valence-electron chi connectivity index (χ2n) is 3.47. The van der Waals surface area contributed by atoms with E-state index in [4.69, 9.17) is 11.6 Å². The smallest absolute Gasteiger partial charge is 0.322 e. The van der Waals surface area contributed by atoms with E-state index in [2.05, 4.69) is 10.3 Å². The Balaban J connectivity index is 2.45. The van der Waals surface area contributed by atoms with Gasteiger partial charge in [-0.05, 0) is 12.1 Å². The van der Waals surface area contributed by atoms with Gasteiger partial charge in [0.05, 0.1) is 12.2 Å². The Morgan fingerprint density at radius 3 is 2.82 bits per heavy atom. The number of amides is 3. The molecule has 0 aliphatic rings. The molecule has 1 N–H and O–H groups in total. The molecular weight excluding hydrogens is 242 g/mol. The summed E-state index contributed by atoms with van der Waals surface area (Å²) in [6.45, 7) is 0.348. The molecule has 1 aromatic heterocycles. The lowest BCUT2D eigenvalue weighted by Crippen LogP contribution is -2.40. The Kier molecular flexibility index (Phi) is 5.42. The van der Waals surface area contributed by atoms with Gasteiger partial charge in [-0.1, -0.05) is 6.07 Å². The number of nitrogens with one attached hydrogen (secondary N) is 1. The second-order valence-corrected chi connectivity index (χ2v) is 3.85. The first-order valence-corrected chi connectivity index (χ1v) is 5.67. The van der Waals surface area contributed by atoms with Crippen molar-refractivity contribution >= 4 is 23.5 Å². The van der Waals surface area contributed by atoms with E-state index in [0.717, 1.165) is 5.69 Å². The summed E-state index contributed by atoms with van der Waals surface area (Å²) in [5.41, 5.74) is 0.759. The Morgan fingerprint density at radius 2 is 2.24 bits per heavy atom. The average molecular weight is 256 g/mol. The first kappa shape index (κ1) is 13.4. The minimum atomic E-state index is -0.453. The maximum absolute atomic E-state index is 11.6. The van der Waals surface area contributed by atoms with Gasteiger partial charge >= 0.3 is 6.03 Å². The van der Waals surface area contributed by atoms with Gasteiger partial charge in [-0.15, -0.1) is 11.6 Å². The molecule has 0 aromatic carbocycles. The molecule has 3 amide bonds. The zero-order valence-electron chi connectivity index (χ0n) is 9.52. The zero-order chi connectivity index (χ0) is 12.7. The molecule has 0 spiro atoms. The monoisotopic (exact) mass is 255 g/mol. The highest BCUT2D eigenvalue weighted by molar-refractivity contribution is 6.19. The summed E-state index contributed by atoms with van der Waals surface area (Å²) in [6, 6.07) is 5.00. The Hall–Kier alpha value is -1.62. The number of pyridine rings is 1. The molecule has 92 valence electrons. The molecule has 0 saturated heterocycles. The summed E-state index contributed by atoms with van der Waals surface area (Å²) in [7, 11) is 1.60. The molecule has 0 radical (unpaired) electrons. The topological polar surface area (TPSA) is 62.3 Å². The second kappa shape index (κ2) is 6.85. The van der Waals surface area contributed by atoms with Crippen LogP contribution in [0, 0.1) is 0 Å². The van der Waals surface area contributed by atoms with Crippen molar-refractivity contribution in [2.75, 3.05) is 12.9 Å². The first-order chi connectivity index (χ1) is 8.13. The van der Waals surface area contributed by atoms with Crippen LogP contribution >= 0.6 is 11.6 Å². The Morgan fingerprint density at radius 1 is 1.47 bits per heavy atom. The van der Waals surface area contributed by atoms with Crippen molar-refractivity contribution in [3.63, 3.8) is 0 Å². The normalized spacial score (nSPS) is 9.76. The third-order valence-electron chi connectivity index (χ3n) is 2.04. The molecule has 0 unspecified atom stereocenters. The average Bonchev–Trinajstić information content (AvgIpc) is 2.30. The summed E-state index contributed by atoms with van der Waals surface area (Å²) in [4.78, 5) is 28.2. The van der Waals surface area contributed by atoms with Crippen molar-refractivity contribution in [1.29, 1.82) is 0 Å². The molecule has 6 heteroatoms. The van der Waals surface area contributed by atoms with Gasteiger partial charge in [0.2, 0.25) is 5.91 Å². The summed E-state index contributed by atoms with van der Waals surface area (Å²) >= 11 is 5.39. The Labute approximate surface area is 105 Å². The fraction of sp³-hybridized carbons (Fsp3) is 0.364. The first-order valence-electron chi connectivity index (χ1n) is 5.14. The van der Waals surface area contributed by atoms with E-state index in [1.54, 1.807) is 19.3 Å². The fourth-order valence-electron chi connectivity index (χ4n) is 1.17. The standard InChI is InChI=1S/C11H14ClN3O2/c1-15(8-9-4-2-3-7-13-9)11(17)14-10(16)5-6-12/h2-4,7H,5-6,8H2,1H3,(H,14,16,17). The molecule has 5 nitrogen and oxygen atoms in total. The zero-order valence-corrected chi connectivity index (χ0v) is 10.3. The maximum atomic E-state index is 11.6. The number of nitrogens with zero attached hydrogens (tertiary/aromatic N) is 2. The van der Waals surface area contributed by atoms with E-state index in [1.165, 1.54) is 4.90 Å². The molecule has 0 saturated carbocycles. The van der Waals surface area contributed by atoms with Crippen LogP contribution in [-0.2, 0) is 11.3 Å². The van der Waals surface area contributed by atoms with E-state index >= 15 is 0 Å². The van der Waals surface area contributed by atoms with Crippen LogP contribution in [-0.4, -0.2) is 34.7 Å². The highest BCUT2D eigenvalue weighted by atomic mass is 35.5. The molecule has 0 aliphatic heterocycles. The number of urea groups is 1. The fourth-order valence-corrected chi connectivity index (χ4v) is 1.34. The van der Waals surface area contributed by atoms with Crippen molar-refractivity contribution in [3.05, 3.63) is 30.1 Å². The lowest BCUT2D eigenvalue weighted by molar-refractivity contribution is -0.119. The number of hydrogen-bond acceptors (Lipinski definition) is 3. The number of alkyl halides is 1. The number of aromatic nitrogens is 1. The number of imide groups is 1. The van der Waals surface area contributed by atoms with Gasteiger partial charge in [-0.2, -0.15) is 0 Å². The predicted octanol–water partition coefficient (Wildman–Crippen LogP) is 1.38. The van der Waals surface area contributed by atoms with Crippen LogP contribution in [0.1, 0.15) is 12.1 Å². The number of halogens is 1. The van der Waals surface area contributed by atoms with Crippen molar-refractivity contribution in [3.8, 4) is 0 Å². The van der Waals surface area contributed by atoms with Crippen LogP contribution in [0.5, 0.6) is 0 Å². The number of hydrogen-bond donors (Lipinski definition) is 1. The van der Waals surface area contributed by atoms with Crippen LogP contribution < -0.4 is 5.32 Å². The molecule has 0 atom stereocenters. The van der Waals surface area contributed by atoms with Crippen LogP contribution in [0.25, 0.3) is 0 Å². The summed E-state index contributed by atoms with van der Waals surface area (Å²) in [5.74, 6) is -0.179. The van der Waals surface area contributed by atoms with Crippen LogP contribution in [0.4, 0.5) is 4.79 Å². The van der Waals surface area contributed by atoms with Crippen molar-refractivity contribution in [2.45, 2.75) is 13.0 Å². The van der Waals surface area contributed by atoms with Crippen molar-refractivity contribution in [2.24, 2.45) is 0 Å². The molecule has 1 aromatic rings. The largest absolute Gasteiger partial charge is 0.324 e. The van der Waals surface area contributed by atoms with E-state index in [9.17, 15) is 9.59 Å². The maximum Gasteiger partial charge on any atom is 0.324 e. The van der Waals surface area contributed by atoms with E-state index in [1.807, 2.05) is 12.1 Å². The lowest BCUT2D eigenvalue weighted by atomic mass is 10.3. The van der Waals surface area contributed by atoms with Gasteiger partial charge in [0.25, 0.3) is 0 Å². The lowest BCUT2D eigenvalue weighted by Gasteiger charge is -2.16. The third-order valence-corrected chi connectivity index (χ3v) is 2.23. The molecule has 0 aliphatic carbocycles. The summed E-state index contributed by atoms with van der Waals surface area (Å²) in [6.07, 6.45) is 1.78. The van der Waals surface area contributed by atoms with Gasteiger partial charge < -0.3 is 4.90 Å². The third kappa shape index (κ3) is 4.82. The van der Waals surface area contributed by atoms with Gasteiger partial charge in [0, 0.05) is 25.5 Å². The SMILES string of the molecule is CN(Cc1ccccn1)C(=O)NC(=O)CCCl. The minimum absolute atomic E-state index is 0.130. The molecule has 0 fully saturated rings. The quantitative estimate of drug-likeness (QED) is 0.827. The molecule has 1 heterocycles. The summed E-state index contributed by atoms with van der Waals surface area (Å²) < 4.78 is 0. The molecule has 1 rings (SSSR count). The predicted molar refractivity (Wildman–Crippen MR) is 64.6 cm³/mol. The van der Waals surface area contributed by atoms with E-state index in [0.29, 0.717) is 6.54 Å². The highest BCUT2D eigenvalue weighted by Gasteiger charge is 2.12. The van der Waals surface area contributed by atoms with E-state index in [-0.39, 0.29) is 18.2 Å². The summed E-state index contributed by atoms with van der Waals surface area (Å²) in [5, 5.41) is 2.24.